The normalized spacial score (nSPS) is 17.9. The molecule has 16 heteroatoms. The highest BCUT2D eigenvalue weighted by molar-refractivity contribution is 5.58. The summed E-state index contributed by atoms with van der Waals surface area (Å²) in [7, 11) is 0. The minimum Gasteiger partial charge on any atom is -0.351 e. The molecule has 1 aliphatic rings. The van der Waals surface area contributed by atoms with Crippen LogP contribution in [0.3, 0.4) is 0 Å². The molecule has 0 radical (unpaired) electrons. The van der Waals surface area contributed by atoms with Gasteiger partial charge in [0.25, 0.3) is 0 Å². The second-order valence-electron chi connectivity index (χ2n) is 7.59. The second kappa shape index (κ2) is 8.81. The molecule has 0 aliphatic heterocycles. The molecule has 1 atom stereocenters. The van der Waals surface area contributed by atoms with Crippen molar-refractivity contribution < 1.29 is 35.1 Å². The monoisotopic (exact) mass is 506 g/mol. The Morgan fingerprint density at radius 2 is 1.60 bits per heavy atom. The third kappa shape index (κ3) is 6.05. The van der Waals surface area contributed by atoms with Crippen LogP contribution in [-0.4, -0.2) is 41.9 Å². The van der Waals surface area contributed by atoms with E-state index < -0.39 is 53.6 Å². The number of halogens is 8. The van der Waals surface area contributed by atoms with Gasteiger partial charge < -0.3 is 10.6 Å². The van der Waals surface area contributed by atoms with Crippen LogP contribution in [0.25, 0.3) is 11.5 Å². The Kier molecular flexibility index (Phi) is 6.14. The molecule has 0 aromatic carbocycles. The highest BCUT2D eigenvalue weighted by Gasteiger charge is 2.40. The number of hydrogen-bond donors (Lipinski definition) is 2. The number of pyridine rings is 1. The van der Waals surface area contributed by atoms with E-state index in [1.807, 2.05) is 0 Å². The zero-order valence-corrected chi connectivity index (χ0v) is 17.3. The molecule has 0 bridgehead atoms. The van der Waals surface area contributed by atoms with E-state index >= 15 is 0 Å². The summed E-state index contributed by atoms with van der Waals surface area (Å²) in [6, 6.07) is 1.09. The van der Waals surface area contributed by atoms with E-state index in [-0.39, 0.29) is 30.4 Å². The first-order valence-electron chi connectivity index (χ1n) is 9.89. The third-order valence-electron chi connectivity index (χ3n) is 4.83. The topological polar surface area (TPSA) is 101 Å². The summed E-state index contributed by atoms with van der Waals surface area (Å²) in [5.41, 5.74) is -3.11. The van der Waals surface area contributed by atoms with Crippen LogP contribution < -0.4 is 10.6 Å². The lowest BCUT2D eigenvalue weighted by atomic mass is 10.2. The molecule has 8 nitrogen and oxygen atoms in total. The minimum atomic E-state index is -4.82. The van der Waals surface area contributed by atoms with Crippen LogP contribution in [0.15, 0.2) is 30.7 Å². The van der Waals surface area contributed by atoms with Gasteiger partial charge in [-0.05, 0) is 18.6 Å². The number of aromatic nitrogens is 6. The van der Waals surface area contributed by atoms with Crippen LogP contribution in [-0.2, 0) is 12.4 Å². The van der Waals surface area contributed by atoms with Crippen molar-refractivity contribution in [2.24, 2.45) is 0 Å². The first kappa shape index (κ1) is 24.4. The van der Waals surface area contributed by atoms with Gasteiger partial charge in [0.15, 0.2) is 11.5 Å². The van der Waals surface area contributed by atoms with Gasteiger partial charge in [-0.1, -0.05) is 0 Å². The van der Waals surface area contributed by atoms with Crippen molar-refractivity contribution in [2.75, 3.05) is 10.6 Å². The largest absolute Gasteiger partial charge is 0.434 e. The van der Waals surface area contributed by atoms with Gasteiger partial charge in [0.05, 0.1) is 12.4 Å². The molecule has 1 fully saturated rings. The second-order valence-corrected chi connectivity index (χ2v) is 7.59. The molecule has 0 unspecified atom stereocenters. The Balaban J connectivity index is 1.71. The Labute approximate surface area is 191 Å². The Morgan fingerprint density at radius 1 is 0.886 bits per heavy atom. The van der Waals surface area contributed by atoms with E-state index in [1.54, 1.807) is 0 Å². The molecule has 0 amide bonds. The van der Waals surface area contributed by atoms with Gasteiger partial charge in [0, 0.05) is 30.8 Å². The first-order chi connectivity index (χ1) is 16.3. The average Bonchev–Trinajstić information content (AvgIpc) is 3.10. The van der Waals surface area contributed by atoms with Crippen molar-refractivity contribution in [3.05, 3.63) is 42.1 Å². The van der Waals surface area contributed by atoms with E-state index in [0.29, 0.717) is 12.3 Å². The lowest BCUT2D eigenvalue weighted by Gasteiger charge is -2.15. The van der Waals surface area contributed by atoms with E-state index in [1.165, 1.54) is 6.07 Å². The van der Waals surface area contributed by atoms with Crippen LogP contribution in [0.2, 0.25) is 0 Å². The maximum Gasteiger partial charge on any atom is 0.434 e. The number of nitrogens with one attached hydrogen (secondary N) is 2. The summed E-state index contributed by atoms with van der Waals surface area (Å²) in [5.74, 6) is -3.99. The highest BCUT2D eigenvalue weighted by atomic mass is 19.4. The molecular weight excluding hydrogens is 492 g/mol. The number of anilines is 3. The molecular formula is C19H14F8N8. The number of nitrogens with zero attached hydrogens (tertiary/aromatic N) is 6. The zero-order chi connectivity index (χ0) is 25.4. The van der Waals surface area contributed by atoms with Gasteiger partial charge in [0.2, 0.25) is 17.8 Å². The molecule has 3 aromatic rings. The van der Waals surface area contributed by atoms with Gasteiger partial charge in [-0.15, -0.1) is 0 Å². The molecule has 2 N–H and O–H groups in total. The van der Waals surface area contributed by atoms with Crippen LogP contribution in [0.5, 0.6) is 0 Å². The number of alkyl halides is 8. The highest BCUT2D eigenvalue weighted by Crippen LogP contribution is 2.36. The zero-order valence-electron chi connectivity index (χ0n) is 17.3. The first-order valence-corrected chi connectivity index (χ1v) is 9.89. The van der Waals surface area contributed by atoms with Crippen molar-refractivity contribution >= 4 is 17.6 Å². The Hall–Kier alpha value is -3.72. The van der Waals surface area contributed by atoms with Gasteiger partial charge in [-0.3, -0.25) is 9.97 Å². The Bertz CT molecular complexity index is 1210. The van der Waals surface area contributed by atoms with Crippen molar-refractivity contribution in [1.82, 2.24) is 29.9 Å². The average molecular weight is 506 g/mol. The lowest BCUT2D eigenvalue weighted by Crippen LogP contribution is -2.21. The predicted octanol–water partition coefficient (Wildman–Crippen LogP) is 5.10. The molecule has 186 valence electrons. The van der Waals surface area contributed by atoms with Crippen molar-refractivity contribution in [3.63, 3.8) is 0 Å². The summed E-state index contributed by atoms with van der Waals surface area (Å²) < 4.78 is 105. The summed E-state index contributed by atoms with van der Waals surface area (Å²) >= 11 is 0. The fraction of sp³-hybridized carbons (Fsp3) is 0.368. The van der Waals surface area contributed by atoms with Crippen molar-refractivity contribution in [1.29, 1.82) is 0 Å². The maximum atomic E-state index is 13.6. The summed E-state index contributed by atoms with van der Waals surface area (Å²) in [6.45, 7) is 0. The maximum absolute atomic E-state index is 13.6. The molecule has 0 spiro atoms. The molecule has 4 rings (SSSR count). The smallest absolute Gasteiger partial charge is 0.351 e. The summed E-state index contributed by atoms with van der Waals surface area (Å²) in [6.07, 6.45) is -8.10. The van der Waals surface area contributed by atoms with Gasteiger partial charge in [0.1, 0.15) is 11.4 Å². The fourth-order valence-corrected chi connectivity index (χ4v) is 3.27. The molecule has 35 heavy (non-hydrogen) atoms. The molecule has 3 aromatic heterocycles. The van der Waals surface area contributed by atoms with E-state index in [4.69, 9.17) is 0 Å². The standard InChI is InChI=1S/C19H14F8N8/c20-17(21)3-1-10(6-17)31-16-34-14(11-7-28-8-13(32-11)19(25,26)27)33-15(35-16)30-9-2-4-29-12(5-9)18(22,23)24/h2,4-5,7-8,10H,1,3,6H2,(H2,29,30,31,33,34,35)/t10-/m0/s1. The van der Waals surface area contributed by atoms with Crippen LogP contribution in [0.4, 0.5) is 52.7 Å². The minimum absolute atomic E-state index is 0.0689. The number of rotatable bonds is 5. The lowest BCUT2D eigenvalue weighted by molar-refractivity contribution is -0.142. The fourth-order valence-electron chi connectivity index (χ4n) is 3.27. The van der Waals surface area contributed by atoms with Gasteiger partial charge in [-0.2, -0.15) is 41.3 Å². The van der Waals surface area contributed by atoms with Crippen molar-refractivity contribution in [3.8, 4) is 11.5 Å². The quantitative estimate of drug-likeness (QED) is 0.461. The van der Waals surface area contributed by atoms with Gasteiger partial charge >= 0.3 is 12.4 Å². The molecule has 1 aliphatic carbocycles. The third-order valence-corrected chi connectivity index (χ3v) is 4.83. The van der Waals surface area contributed by atoms with E-state index in [2.05, 4.69) is 40.5 Å². The van der Waals surface area contributed by atoms with Crippen LogP contribution in [0, 0.1) is 0 Å². The summed E-state index contributed by atoms with van der Waals surface area (Å²) in [4.78, 5) is 22.0. The molecule has 3 heterocycles. The van der Waals surface area contributed by atoms with Crippen molar-refractivity contribution in [2.45, 2.75) is 43.6 Å². The number of hydrogen-bond acceptors (Lipinski definition) is 8. The van der Waals surface area contributed by atoms with Gasteiger partial charge in [-0.25, -0.2) is 13.8 Å². The molecule has 1 saturated carbocycles. The van der Waals surface area contributed by atoms with E-state index in [9.17, 15) is 35.1 Å². The molecule has 0 saturated heterocycles. The Morgan fingerprint density at radius 3 is 2.26 bits per heavy atom. The van der Waals surface area contributed by atoms with E-state index in [0.717, 1.165) is 12.4 Å². The summed E-state index contributed by atoms with van der Waals surface area (Å²) in [5, 5.41) is 5.16. The predicted molar refractivity (Wildman–Crippen MR) is 105 cm³/mol. The SMILES string of the molecule is FC1(F)CC[C@H](Nc2nc(Nc3ccnc(C(F)(F)F)c3)nc(-c3cncc(C(F)(F)F)n3)n2)C1. The van der Waals surface area contributed by atoms with Crippen LogP contribution in [0.1, 0.15) is 30.7 Å². The van der Waals surface area contributed by atoms with Crippen LogP contribution >= 0.6 is 0 Å².